The zero-order valence-electron chi connectivity index (χ0n) is 11.3. The molecule has 1 aliphatic heterocycles. The van der Waals surface area contributed by atoms with Crippen LogP contribution in [0, 0.1) is 5.92 Å². The van der Waals surface area contributed by atoms with E-state index >= 15 is 0 Å². The van der Waals surface area contributed by atoms with Gasteiger partial charge in [-0.2, -0.15) is 0 Å². The molecular formula is C14H22N2O3. The fourth-order valence-corrected chi connectivity index (χ4v) is 2.78. The van der Waals surface area contributed by atoms with Crippen molar-refractivity contribution >= 4 is 5.97 Å². The molecule has 5 nitrogen and oxygen atoms in total. The molecule has 1 aromatic heterocycles. The summed E-state index contributed by atoms with van der Waals surface area (Å²) in [6.45, 7) is 4.51. The van der Waals surface area contributed by atoms with E-state index < -0.39 is 5.97 Å². The van der Waals surface area contributed by atoms with Crippen molar-refractivity contribution < 1.29 is 14.3 Å². The van der Waals surface area contributed by atoms with Gasteiger partial charge in [-0.3, -0.25) is 4.90 Å². The van der Waals surface area contributed by atoms with Crippen molar-refractivity contribution in [2.45, 2.75) is 38.8 Å². The van der Waals surface area contributed by atoms with Crippen LogP contribution in [-0.4, -0.2) is 35.1 Å². The Morgan fingerprint density at radius 2 is 2.37 bits per heavy atom. The van der Waals surface area contributed by atoms with Crippen LogP contribution >= 0.6 is 0 Å². The minimum absolute atomic E-state index is 0.00254. The number of carboxylic acid groups (broad SMARTS) is 1. The van der Waals surface area contributed by atoms with Crippen LogP contribution in [0.25, 0.3) is 0 Å². The van der Waals surface area contributed by atoms with Crippen molar-refractivity contribution in [3.05, 3.63) is 23.7 Å². The molecule has 2 atom stereocenters. The lowest BCUT2D eigenvalue weighted by molar-refractivity contribution is 0.0651. The standard InChI is InChI=1S/C14H22N2O3/c1-2-10-5-6-16(11(7-10)8-15)9-12-3-4-13(19-12)14(17)18/h3-4,10-11H,2,5-9,15H2,1H3,(H,17,18). The number of carbonyl (C=O) groups is 1. The fraction of sp³-hybridized carbons (Fsp3) is 0.643. The van der Waals surface area contributed by atoms with Gasteiger partial charge in [0.05, 0.1) is 6.54 Å². The number of aromatic carboxylic acids is 1. The van der Waals surface area contributed by atoms with Crippen LogP contribution in [0.5, 0.6) is 0 Å². The molecule has 1 saturated heterocycles. The van der Waals surface area contributed by atoms with Gasteiger partial charge in [0, 0.05) is 12.6 Å². The van der Waals surface area contributed by atoms with Gasteiger partial charge in [0.2, 0.25) is 5.76 Å². The average Bonchev–Trinajstić information content (AvgIpc) is 2.88. The molecule has 0 saturated carbocycles. The monoisotopic (exact) mass is 266 g/mol. The van der Waals surface area contributed by atoms with Crippen LogP contribution in [0.2, 0.25) is 0 Å². The molecule has 19 heavy (non-hydrogen) atoms. The van der Waals surface area contributed by atoms with Gasteiger partial charge in [0.25, 0.3) is 0 Å². The predicted molar refractivity (Wildman–Crippen MR) is 71.9 cm³/mol. The summed E-state index contributed by atoms with van der Waals surface area (Å²) in [7, 11) is 0. The second-order valence-corrected chi connectivity index (χ2v) is 5.23. The fourth-order valence-electron chi connectivity index (χ4n) is 2.78. The van der Waals surface area contributed by atoms with Gasteiger partial charge >= 0.3 is 5.97 Å². The number of nitrogens with zero attached hydrogens (tertiary/aromatic N) is 1. The van der Waals surface area contributed by atoms with E-state index in [1.54, 1.807) is 6.07 Å². The van der Waals surface area contributed by atoms with Gasteiger partial charge < -0.3 is 15.3 Å². The number of carboxylic acids is 1. The molecule has 0 aliphatic carbocycles. The van der Waals surface area contributed by atoms with Crippen molar-refractivity contribution in [3.8, 4) is 0 Å². The third kappa shape index (κ3) is 3.36. The molecule has 1 aromatic rings. The van der Waals surface area contributed by atoms with Crippen LogP contribution in [0.3, 0.4) is 0 Å². The highest BCUT2D eigenvalue weighted by Gasteiger charge is 2.27. The normalized spacial score (nSPS) is 24.5. The SMILES string of the molecule is CCC1CCN(Cc2ccc(C(=O)O)o2)C(CN)C1. The lowest BCUT2D eigenvalue weighted by Crippen LogP contribution is -2.45. The van der Waals surface area contributed by atoms with Crippen molar-refractivity contribution in [2.75, 3.05) is 13.1 Å². The largest absolute Gasteiger partial charge is 0.475 e. The molecule has 106 valence electrons. The first-order valence-corrected chi connectivity index (χ1v) is 6.90. The maximum Gasteiger partial charge on any atom is 0.371 e. The highest BCUT2D eigenvalue weighted by molar-refractivity contribution is 5.84. The third-order valence-electron chi connectivity index (χ3n) is 4.03. The first kappa shape index (κ1) is 14.1. The van der Waals surface area contributed by atoms with E-state index in [1.165, 1.54) is 18.9 Å². The Hall–Kier alpha value is -1.33. The van der Waals surface area contributed by atoms with E-state index in [1.807, 2.05) is 0 Å². The summed E-state index contributed by atoms with van der Waals surface area (Å²) in [6, 6.07) is 3.62. The zero-order chi connectivity index (χ0) is 13.8. The van der Waals surface area contributed by atoms with Gasteiger partial charge in [-0.05, 0) is 37.4 Å². The number of hydrogen-bond acceptors (Lipinski definition) is 4. The van der Waals surface area contributed by atoms with Gasteiger partial charge in [0.15, 0.2) is 0 Å². The highest BCUT2D eigenvalue weighted by atomic mass is 16.4. The van der Waals surface area contributed by atoms with E-state index in [2.05, 4.69) is 11.8 Å². The number of hydrogen-bond donors (Lipinski definition) is 2. The summed E-state index contributed by atoms with van der Waals surface area (Å²) in [6.07, 6.45) is 3.51. The molecular weight excluding hydrogens is 244 g/mol. The summed E-state index contributed by atoms with van der Waals surface area (Å²) in [5.41, 5.74) is 5.85. The van der Waals surface area contributed by atoms with E-state index in [4.69, 9.17) is 15.3 Å². The van der Waals surface area contributed by atoms with Crippen LogP contribution in [0.4, 0.5) is 0 Å². The minimum atomic E-state index is -1.02. The Morgan fingerprint density at radius 3 is 2.95 bits per heavy atom. The Bertz CT molecular complexity index is 430. The van der Waals surface area contributed by atoms with Crippen molar-refractivity contribution in [2.24, 2.45) is 11.7 Å². The summed E-state index contributed by atoms with van der Waals surface area (Å²) >= 11 is 0. The summed E-state index contributed by atoms with van der Waals surface area (Å²) in [5.74, 6) is 0.441. The molecule has 2 unspecified atom stereocenters. The number of furan rings is 1. The van der Waals surface area contributed by atoms with E-state index in [-0.39, 0.29) is 5.76 Å². The molecule has 0 bridgehead atoms. The summed E-state index contributed by atoms with van der Waals surface area (Å²) < 4.78 is 5.31. The van der Waals surface area contributed by atoms with Crippen LogP contribution in [0.15, 0.2) is 16.5 Å². The highest BCUT2D eigenvalue weighted by Crippen LogP contribution is 2.26. The van der Waals surface area contributed by atoms with E-state index in [0.717, 1.165) is 18.9 Å². The van der Waals surface area contributed by atoms with Crippen LogP contribution in [0.1, 0.15) is 42.5 Å². The Kier molecular flexibility index (Phi) is 4.61. The van der Waals surface area contributed by atoms with Gasteiger partial charge in [0.1, 0.15) is 5.76 Å². The minimum Gasteiger partial charge on any atom is -0.475 e. The van der Waals surface area contributed by atoms with Gasteiger partial charge in [-0.1, -0.05) is 13.3 Å². The number of rotatable bonds is 5. The molecule has 5 heteroatoms. The molecule has 3 N–H and O–H groups in total. The molecule has 2 rings (SSSR count). The van der Waals surface area contributed by atoms with Gasteiger partial charge in [-0.25, -0.2) is 4.79 Å². The molecule has 0 amide bonds. The number of piperidine rings is 1. The van der Waals surface area contributed by atoms with Crippen molar-refractivity contribution in [1.82, 2.24) is 4.90 Å². The van der Waals surface area contributed by atoms with Gasteiger partial charge in [-0.15, -0.1) is 0 Å². The molecule has 0 radical (unpaired) electrons. The second-order valence-electron chi connectivity index (χ2n) is 5.23. The second kappa shape index (κ2) is 6.21. The number of nitrogens with two attached hydrogens (primary N) is 1. The van der Waals surface area contributed by atoms with E-state index in [9.17, 15) is 4.79 Å². The van der Waals surface area contributed by atoms with Crippen LogP contribution < -0.4 is 5.73 Å². The smallest absolute Gasteiger partial charge is 0.371 e. The summed E-state index contributed by atoms with van der Waals surface area (Å²) in [4.78, 5) is 13.1. The van der Waals surface area contributed by atoms with E-state index in [0.29, 0.717) is 24.9 Å². The average molecular weight is 266 g/mol. The zero-order valence-corrected chi connectivity index (χ0v) is 11.3. The first-order chi connectivity index (χ1) is 9.13. The van der Waals surface area contributed by atoms with Crippen LogP contribution in [-0.2, 0) is 6.54 Å². The third-order valence-corrected chi connectivity index (χ3v) is 4.03. The molecule has 1 aliphatic rings. The quantitative estimate of drug-likeness (QED) is 0.851. The molecule has 0 aromatic carbocycles. The topological polar surface area (TPSA) is 79.7 Å². The molecule has 2 heterocycles. The Morgan fingerprint density at radius 1 is 1.58 bits per heavy atom. The van der Waals surface area contributed by atoms with Crippen molar-refractivity contribution in [1.29, 1.82) is 0 Å². The predicted octanol–water partition coefficient (Wildman–Crippen LogP) is 1.93. The molecule has 0 spiro atoms. The van der Waals surface area contributed by atoms with Crippen molar-refractivity contribution in [3.63, 3.8) is 0 Å². The number of likely N-dealkylation sites (tertiary alicyclic amines) is 1. The first-order valence-electron chi connectivity index (χ1n) is 6.90. The summed E-state index contributed by atoms with van der Waals surface area (Å²) in [5, 5.41) is 8.84. The lowest BCUT2D eigenvalue weighted by Gasteiger charge is -2.38. The maximum atomic E-state index is 10.8. The Labute approximate surface area is 113 Å². The Balaban J connectivity index is 1.99. The molecule has 1 fully saturated rings. The maximum absolute atomic E-state index is 10.8. The lowest BCUT2D eigenvalue weighted by atomic mass is 9.89.